The minimum atomic E-state index is 0. The Bertz CT molecular complexity index is 648. The molecule has 0 atom stereocenters. The number of hydrogen-bond acceptors (Lipinski definition) is 2. The van der Waals surface area contributed by atoms with Crippen molar-refractivity contribution in [2.24, 2.45) is 9.98 Å². The maximum atomic E-state index is 4.71. The average Bonchev–Trinajstić information content (AvgIpc) is 2.44. The van der Waals surface area contributed by atoms with Crippen LogP contribution in [0.2, 0.25) is 0 Å². The SMILES string of the molecule is CC(=Nc1[c-]ccc[c-]1)C(C)=Nc1c(C)cccc1C.[B].[Pr].[Pr]. The summed E-state index contributed by atoms with van der Waals surface area (Å²) in [6.07, 6.45) is 0. The van der Waals surface area contributed by atoms with E-state index in [0.29, 0.717) is 5.69 Å². The third kappa shape index (κ3) is 7.99. The van der Waals surface area contributed by atoms with Crippen LogP contribution < -0.4 is 0 Å². The molecule has 0 aliphatic carbocycles. The number of hydrogen-bond donors (Lipinski definition) is 0. The van der Waals surface area contributed by atoms with E-state index in [1.165, 1.54) is 11.1 Å². The molecule has 2 aromatic rings. The Hall–Kier alpha value is 0.572. The molecule has 2 rings (SSSR count). The molecule has 0 saturated heterocycles. The van der Waals surface area contributed by atoms with E-state index >= 15 is 0 Å². The maximum absolute atomic E-state index is 4.71. The molecule has 0 spiro atoms. The summed E-state index contributed by atoms with van der Waals surface area (Å²) in [6, 6.07) is 17.8. The fourth-order valence-electron chi connectivity index (χ4n) is 1.89. The molecule has 0 N–H and O–H groups in total. The van der Waals surface area contributed by atoms with Gasteiger partial charge < -0.3 is 17.1 Å². The van der Waals surface area contributed by atoms with Crippen molar-refractivity contribution in [3.8, 4) is 0 Å². The summed E-state index contributed by atoms with van der Waals surface area (Å²) >= 11 is 0. The second kappa shape index (κ2) is 12.9. The van der Waals surface area contributed by atoms with Gasteiger partial charge in [0.05, 0.1) is 17.1 Å². The van der Waals surface area contributed by atoms with Crippen LogP contribution in [0, 0.1) is 109 Å². The predicted molar refractivity (Wildman–Crippen MR) is 91.3 cm³/mol. The minimum absolute atomic E-state index is 0. The molecule has 2 aromatic carbocycles. The summed E-state index contributed by atoms with van der Waals surface area (Å²) < 4.78 is 0. The molecule has 0 aromatic heterocycles. The van der Waals surface area contributed by atoms with Crippen LogP contribution in [0.3, 0.4) is 0 Å². The Morgan fingerprint density at radius 2 is 1.30 bits per heavy atom. The molecule has 0 heterocycles. The van der Waals surface area contributed by atoms with Crippen molar-refractivity contribution in [1.29, 1.82) is 0 Å². The van der Waals surface area contributed by atoms with Gasteiger partial charge in [-0.3, -0.25) is 23.2 Å². The first-order valence-electron chi connectivity index (χ1n) is 6.63. The van der Waals surface area contributed by atoms with Gasteiger partial charge in [-0.05, 0) is 38.8 Å². The molecule has 0 amide bonds. The minimum Gasteiger partial charge on any atom is -0.333 e. The van der Waals surface area contributed by atoms with E-state index in [2.05, 4.69) is 43.1 Å². The van der Waals surface area contributed by atoms with Crippen LogP contribution in [-0.2, 0) is 0 Å². The zero-order valence-corrected chi connectivity index (χ0v) is 21.5. The van der Waals surface area contributed by atoms with Crippen LogP contribution in [0.25, 0.3) is 0 Å². The van der Waals surface area contributed by atoms with E-state index in [-0.39, 0.29) is 91.0 Å². The zero-order chi connectivity index (χ0) is 14.5. The van der Waals surface area contributed by atoms with Crippen molar-refractivity contribution >= 4 is 31.2 Å². The molecular formula is C18H18BN2Pr2-2. The molecule has 0 saturated carbocycles. The maximum Gasteiger partial charge on any atom is 0.0691 e. The molecule has 0 bridgehead atoms. The summed E-state index contributed by atoms with van der Waals surface area (Å²) in [5.74, 6) is 0. The molecule has 2 nitrogen and oxygen atoms in total. The summed E-state index contributed by atoms with van der Waals surface area (Å²) in [6.45, 7) is 8.09. The molecule has 0 unspecified atom stereocenters. The molecule has 5 heteroatoms. The first-order valence-corrected chi connectivity index (χ1v) is 6.63. The Balaban J connectivity index is 0. The fraction of sp³-hybridized carbons (Fsp3) is 0.222. The summed E-state index contributed by atoms with van der Waals surface area (Å²) in [4.78, 5) is 9.20. The van der Waals surface area contributed by atoms with Gasteiger partial charge in [0.25, 0.3) is 0 Å². The normalized spacial score (nSPS) is 11.0. The number of aryl methyl sites for hydroxylation is 2. The quantitative estimate of drug-likeness (QED) is 0.305. The standard InChI is InChI=1S/C18H18N2.B.2Pr/c1-13-9-8-10-14(2)18(13)20-16(4)15(3)19-17-11-6-5-7-12-17;;;/h5-10H,1-4H3;;;/q-2;;;. The molecular weight excluding hydrogens is 537 g/mol. The molecule has 111 valence electrons. The third-order valence-corrected chi connectivity index (χ3v) is 3.15. The second-order valence-corrected chi connectivity index (χ2v) is 4.80. The van der Waals surface area contributed by atoms with E-state index in [1.54, 1.807) is 0 Å². The Kier molecular flexibility index (Phi) is 14.4. The van der Waals surface area contributed by atoms with Crippen LogP contribution >= 0.6 is 0 Å². The van der Waals surface area contributed by atoms with E-state index in [1.807, 2.05) is 38.1 Å². The van der Waals surface area contributed by atoms with Crippen molar-refractivity contribution in [3.63, 3.8) is 0 Å². The molecule has 5 radical (unpaired) electrons. The molecule has 0 fully saturated rings. The molecule has 23 heavy (non-hydrogen) atoms. The topological polar surface area (TPSA) is 24.7 Å². The van der Waals surface area contributed by atoms with Gasteiger partial charge in [0.1, 0.15) is 0 Å². The van der Waals surface area contributed by atoms with Gasteiger partial charge in [0.15, 0.2) is 0 Å². The monoisotopic (exact) mass is 555 g/mol. The fourth-order valence-corrected chi connectivity index (χ4v) is 1.89. The smallest absolute Gasteiger partial charge is 0.0691 e. The van der Waals surface area contributed by atoms with Crippen molar-refractivity contribution < 1.29 is 82.6 Å². The van der Waals surface area contributed by atoms with Gasteiger partial charge >= 0.3 is 0 Å². The van der Waals surface area contributed by atoms with E-state index < -0.39 is 0 Å². The Labute approximate surface area is 208 Å². The summed E-state index contributed by atoms with van der Waals surface area (Å²) in [7, 11) is 0. The van der Waals surface area contributed by atoms with Gasteiger partial charge in [-0.2, -0.15) is 5.69 Å². The van der Waals surface area contributed by atoms with E-state index in [9.17, 15) is 0 Å². The number of aliphatic imine (C=N–C) groups is 2. The van der Waals surface area contributed by atoms with Gasteiger partial charge in [0.2, 0.25) is 0 Å². The van der Waals surface area contributed by atoms with Crippen LogP contribution in [0.15, 0.2) is 46.4 Å². The average molecular weight is 555 g/mol. The Morgan fingerprint density at radius 3 is 1.83 bits per heavy atom. The number of nitrogens with zero attached hydrogens (tertiary/aromatic N) is 2. The predicted octanol–water partition coefficient (Wildman–Crippen LogP) is 4.41. The van der Waals surface area contributed by atoms with Gasteiger partial charge in [-0.25, -0.2) is 0 Å². The third-order valence-electron chi connectivity index (χ3n) is 3.15. The van der Waals surface area contributed by atoms with Crippen LogP contribution in [0.5, 0.6) is 0 Å². The van der Waals surface area contributed by atoms with Gasteiger partial charge in [-0.15, -0.1) is 0 Å². The van der Waals surface area contributed by atoms with Crippen LogP contribution in [-0.4, -0.2) is 19.8 Å². The zero-order valence-electron chi connectivity index (χ0n) is 14.1. The largest absolute Gasteiger partial charge is 0.333 e. The van der Waals surface area contributed by atoms with Gasteiger partial charge in [-0.1, -0.05) is 18.2 Å². The number of para-hydroxylation sites is 2. The summed E-state index contributed by atoms with van der Waals surface area (Å²) in [5.41, 5.74) is 5.88. The van der Waals surface area contributed by atoms with Crippen molar-refractivity contribution in [3.05, 3.63) is 59.7 Å². The van der Waals surface area contributed by atoms with Gasteiger partial charge in [0, 0.05) is 91.0 Å². The van der Waals surface area contributed by atoms with Crippen LogP contribution in [0.4, 0.5) is 11.4 Å². The molecule has 0 aliphatic rings. The van der Waals surface area contributed by atoms with Crippen LogP contribution in [0.1, 0.15) is 25.0 Å². The first kappa shape index (κ1) is 25.8. The summed E-state index contributed by atoms with van der Waals surface area (Å²) in [5, 5.41) is 0. The van der Waals surface area contributed by atoms with Crippen molar-refractivity contribution in [2.75, 3.05) is 0 Å². The number of benzene rings is 2. The van der Waals surface area contributed by atoms with E-state index in [4.69, 9.17) is 4.99 Å². The van der Waals surface area contributed by atoms with Crippen molar-refractivity contribution in [2.45, 2.75) is 27.7 Å². The molecule has 0 aliphatic heterocycles. The van der Waals surface area contributed by atoms with E-state index in [0.717, 1.165) is 17.1 Å². The first-order chi connectivity index (χ1) is 9.58. The Morgan fingerprint density at radius 1 is 0.826 bits per heavy atom. The number of rotatable bonds is 3. The van der Waals surface area contributed by atoms with Crippen molar-refractivity contribution in [1.82, 2.24) is 0 Å². The second-order valence-electron chi connectivity index (χ2n) is 4.80.